The molecule has 1 unspecified atom stereocenters. The second-order valence-electron chi connectivity index (χ2n) is 4.71. The largest absolute Gasteiger partial charge is 0.470 e. The number of hydrogen-bond acceptors (Lipinski definition) is 6. The lowest BCUT2D eigenvalue weighted by Crippen LogP contribution is -2.30. The summed E-state index contributed by atoms with van der Waals surface area (Å²) in [6.45, 7) is 1.05. The number of carbonyl (C=O) groups is 1. The lowest BCUT2D eigenvalue weighted by Gasteiger charge is -2.16. The molecule has 0 aliphatic carbocycles. The van der Waals surface area contributed by atoms with Crippen LogP contribution in [-0.4, -0.2) is 40.0 Å². The number of likely N-dealkylation sites (tertiary alicyclic amines) is 1. The summed E-state index contributed by atoms with van der Waals surface area (Å²) in [6.07, 6.45) is 3.41. The highest BCUT2D eigenvalue weighted by molar-refractivity contribution is 7.17. The summed E-state index contributed by atoms with van der Waals surface area (Å²) in [5, 5.41) is 8.98. The van der Waals surface area contributed by atoms with Crippen molar-refractivity contribution >= 4 is 28.8 Å². The van der Waals surface area contributed by atoms with E-state index in [1.165, 1.54) is 23.7 Å². The van der Waals surface area contributed by atoms with Crippen molar-refractivity contribution in [2.75, 3.05) is 13.1 Å². The van der Waals surface area contributed by atoms with E-state index in [1.807, 2.05) is 6.07 Å². The van der Waals surface area contributed by atoms with Crippen LogP contribution in [0.15, 0.2) is 24.5 Å². The summed E-state index contributed by atoms with van der Waals surface area (Å²) >= 11 is 7.12. The molecule has 0 saturated carbocycles. The van der Waals surface area contributed by atoms with Crippen molar-refractivity contribution in [1.82, 2.24) is 14.9 Å². The quantitative estimate of drug-likeness (QED) is 0.860. The van der Waals surface area contributed by atoms with E-state index in [0.717, 1.165) is 0 Å². The van der Waals surface area contributed by atoms with Crippen LogP contribution in [0.3, 0.4) is 0 Å². The van der Waals surface area contributed by atoms with Crippen molar-refractivity contribution in [1.29, 1.82) is 5.26 Å². The fourth-order valence-electron chi connectivity index (χ4n) is 2.24. The maximum Gasteiger partial charge on any atom is 0.264 e. The topological polar surface area (TPSA) is 79.1 Å². The van der Waals surface area contributed by atoms with Gasteiger partial charge in [0.1, 0.15) is 12.2 Å². The van der Waals surface area contributed by atoms with Crippen molar-refractivity contribution in [3.05, 3.63) is 39.4 Å². The van der Waals surface area contributed by atoms with Gasteiger partial charge in [-0.3, -0.25) is 4.79 Å². The number of nitriles is 1. The first-order chi connectivity index (χ1) is 10.7. The van der Waals surface area contributed by atoms with Crippen molar-refractivity contribution < 1.29 is 9.53 Å². The van der Waals surface area contributed by atoms with E-state index in [2.05, 4.69) is 9.97 Å². The van der Waals surface area contributed by atoms with Gasteiger partial charge in [-0.1, -0.05) is 11.6 Å². The Morgan fingerprint density at radius 3 is 3.00 bits per heavy atom. The molecule has 1 atom stereocenters. The fraction of sp³-hybridized carbons (Fsp3) is 0.286. The predicted molar refractivity (Wildman–Crippen MR) is 81.0 cm³/mol. The van der Waals surface area contributed by atoms with E-state index in [4.69, 9.17) is 21.6 Å². The van der Waals surface area contributed by atoms with Crippen LogP contribution in [-0.2, 0) is 0 Å². The number of amides is 1. The maximum atomic E-state index is 12.3. The number of ether oxygens (including phenoxy) is 1. The van der Waals surface area contributed by atoms with Gasteiger partial charge in [0, 0.05) is 25.4 Å². The number of nitrogens with zero attached hydrogens (tertiary/aromatic N) is 4. The molecule has 6 nitrogen and oxygen atoms in total. The van der Waals surface area contributed by atoms with Crippen LogP contribution in [0.2, 0.25) is 4.34 Å². The summed E-state index contributed by atoms with van der Waals surface area (Å²) in [4.78, 5) is 22.6. The number of carbonyl (C=O) groups excluding carboxylic acids is 1. The fourth-order valence-corrected chi connectivity index (χ4v) is 3.25. The molecule has 0 radical (unpaired) electrons. The SMILES string of the molecule is N#Cc1nccnc1OC1CCN(C(=O)c2ccc(Cl)s2)C1. The molecule has 8 heteroatoms. The van der Waals surface area contributed by atoms with E-state index >= 15 is 0 Å². The number of aromatic nitrogens is 2. The average molecular weight is 335 g/mol. The molecular weight excluding hydrogens is 324 g/mol. The molecule has 1 fully saturated rings. The molecule has 0 aromatic carbocycles. The zero-order chi connectivity index (χ0) is 15.5. The van der Waals surface area contributed by atoms with E-state index in [9.17, 15) is 4.79 Å². The third kappa shape index (κ3) is 3.03. The van der Waals surface area contributed by atoms with Gasteiger partial charge in [-0.2, -0.15) is 5.26 Å². The Kier molecular flexibility index (Phi) is 4.22. The Morgan fingerprint density at radius 2 is 2.27 bits per heavy atom. The van der Waals surface area contributed by atoms with Crippen LogP contribution >= 0.6 is 22.9 Å². The van der Waals surface area contributed by atoms with Crippen molar-refractivity contribution in [2.45, 2.75) is 12.5 Å². The maximum absolute atomic E-state index is 12.3. The number of thiophene rings is 1. The van der Waals surface area contributed by atoms with Crippen LogP contribution in [0, 0.1) is 11.3 Å². The van der Waals surface area contributed by atoms with Gasteiger partial charge in [0.2, 0.25) is 5.69 Å². The molecule has 1 aliphatic heterocycles. The summed E-state index contributed by atoms with van der Waals surface area (Å²) < 4.78 is 6.30. The highest BCUT2D eigenvalue weighted by Gasteiger charge is 2.29. The number of hydrogen-bond donors (Lipinski definition) is 0. The first-order valence-electron chi connectivity index (χ1n) is 6.59. The van der Waals surface area contributed by atoms with Crippen molar-refractivity contribution in [2.24, 2.45) is 0 Å². The molecule has 112 valence electrons. The Morgan fingerprint density at radius 1 is 1.45 bits per heavy atom. The minimum Gasteiger partial charge on any atom is -0.470 e. The van der Waals surface area contributed by atoms with Gasteiger partial charge in [0.25, 0.3) is 11.8 Å². The number of halogens is 1. The van der Waals surface area contributed by atoms with E-state index in [-0.39, 0.29) is 23.6 Å². The Bertz CT molecular complexity index is 742. The molecule has 3 heterocycles. The van der Waals surface area contributed by atoms with Crippen LogP contribution in [0.25, 0.3) is 0 Å². The molecule has 2 aromatic rings. The summed E-state index contributed by atoms with van der Waals surface area (Å²) in [5.41, 5.74) is 0.150. The van der Waals surface area contributed by atoms with Gasteiger partial charge in [-0.25, -0.2) is 9.97 Å². The normalized spacial score (nSPS) is 17.3. The summed E-state index contributed by atoms with van der Waals surface area (Å²) in [5.74, 6) is 0.158. The molecule has 2 aromatic heterocycles. The molecule has 1 saturated heterocycles. The van der Waals surface area contributed by atoms with Gasteiger partial charge in [-0.15, -0.1) is 11.3 Å². The van der Waals surface area contributed by atoms with Gasteiger partial charge < -0.3 is 9.64 Å². The average Bonchev–Trinajstić information content (AvgIpc) is 3.16. The predicted octanol–water partition coefficient (Wildman–Crippen LogP) is 2.36. The van der Waals surface area contributed by atoms with Crippen LogP contribution < -0.4 is 4.74 Å². The minimum absolute atomic E-state index is 0.0531. The Balaban J connectivity index is 1.65. The third-order valence-corrected chi connectivity index (χ3v) is 4.48. The minimum atomic E-state index is -0.191. The van der Waals surface area contributed by atoms with Gasteiger partial charge in [0.15, 0.2) is 0 Å². The van der Waals surface area contributed by atoms with Gasteiger partial charge in [0.05, 0.1) is 15.8 Å². The molecule has 0 spiro atoms. The summed E-state index contributed by atoms with van der Waals surface area (Å²) in [6, 6.07) is 5.37. The number of rotatable bonds is 3. The standard InChI is InChI=1S/C14H11ClN4O2S/c15-12-2-1-11(22-12)14(20)19-6-3-9(8-19)21-13-10(7-16)17-4-5-18-13/h1-2,4-5,9H,3,6,8H2. The van der Waals surface area contributed by atoms with E-state index in [0.29, 0.717) is 28.7 Å². The zero-order valence-corrected chi connectivity index (χ0v) is 13.0. The monoisotopic (exact) mass is 334 g/mol. The second kappa shape index (κ2) is 6.30. The molecular formula is C14H11ClN4O2S. The Hall–Kier alpha value is -2.17. The van der Waals surface area contributed by atoms with Gasteiger partial charge >= 0.3 is 0 Å². The third-order valence-electron chi connectivity index (χ3n) is 3.27. The second-order valence-corrected chi connectivity index (χ2v) is 6.42. The molecule has 22 heavy (non-hydrogen) atoms. The van der Waals surface area contributed by atoms with Crippen LogP contribution in [0.4, 0.5) is 0 Å². The molecule has 1 amide bonds. The smallest absolute Gasteiger partial charge is 0.264 e. The van der Waals surface area contributed by atoms with Gasteiger partial charge in [-0.05, 0) is 12.1 Å². The Labute approximate surface area is 135 Å². The lowest BCUT2D eigenvalue weighted by molar-refractivity contribution is 0.0776. The molecule has 0 bridgehead atoms. The van der Waals surface area contributed by atoms with Crippen LogP contribution in [0.5, 0.6) is 5.88 Å². The zero-order valence-electron chi connectivity index (χ0n) is 11.4. The van der Waals surface area contributed by atoms with E-state index in [1.54, 1.807) is 17.0 Å². The summed E-state index contributed by atoms with van der Waals surface area (Å²) in [7, 11) is 0. The highest BCUT2D eigenvalue weighted by atomic mass is 35.5. The molecule has 0 N–H and O–H groups in total. The van der Waals surface area contributed by atoms with Crippen molar-refractivity contribution in [3.63, 3.8) is 0 Å². The first-order valence-corrected chi connectivity index (χ1v) is 7.79. The molecule has 3 rings (SSSR count). The lowest BCUT2D eigenvalue weighted by atomic mass is 10.3. The van der Waals surface area contributed by atoms with Crippen LogP contribution in [0.1, 0.15) is 21.8 Å². The van der Waals surface area contributed by atoms with E-state index < -0.39 is 0 Å². The van der Waals surface area contributed by atoms with Crippen molar-refractivity contribution in [3.8, 4) is 11.9 Å². The highest BCUT2D eigenvalue weighted by Crippen LogP contribution is 2.25. The molecule has 1 aliphatic rings. The first kappa shape index (κ1) is 14.8.